The minimum absolute atomic E-state index is 0.0268. The van der Waals surface area contributed by atoms with Crippen molar-refractivity contribution in [3.05, 3.63) is 72.4 Å². The van der Waals surface area contributed by atoms with Crippen LogP contribution in [0.1, 0.15) is 23.5 Å². The molecule has 0 spiro atoms. The number of aryl methyl sites for hydroxylation is 1. The van der Waals surface area contributed by atoms with E-state index in [1.54, 1.807) is 24.8 Å². The van der Waals surface area contributed by atoms with Crippen molar-refractivity contribution in [2.75, 3.05) is 11.1 Å². The molecule has 0 unspecified atom stereocenters. The Morgan fingerprint density at radius 1 is 1.13 bits per heavy atom. The second-order valence-electron chi connectivity index (χ2n) is 7.60. The zero-order valence-corrected chi connectivity index (χ0v) is 16.4. The normalized spacial score (nSPS) is 17.6. The van der Waals surface area contributed by atoms with Crippen molar-refractivity contribution in [3.8, 4) is 11.3 Å². The molecule has 4 aromatic heterocycles. The lowest BCUT2D eigenvalue weighted by molar-refractivity contribution is -0.117. The molecule has 1 saturated carbocycles. The van der Waals surface area contributed by atoms with Crippen molar-refractivity contribution in [3.63, 3.8) is 0 Å². The summed E-state index contributed by atoms with van der Waals surface area (Å²) in [4.78, 5) is 29.9. The fourth-order valence-corrected chi connectivity index (χ4v) is 3.78. The standard InChI is InChI=1S/C23H20N6O/c1-13-4-6-26-11-18(13)20-7-15-8-21(27-12-19(15)22(24)28-20)29-23(30)17-9-16(17)14-3-2-5-25-10-14/h2-8,10-12,16-17H,9H2,1H3,(H2,24,28)(H,27,29,30)/t16-,17+/m1/s1. The molecule has 0 aromatic carbocycles. The van der Waals surface area contributed by atoms with Crippen LogP contribution in [0.3, 0.4) is 0 Å². The third-order valence-corrected chi connectivity index (χ3v) is 5.55. The van der Waals surface area contributed by atoms with Gasteiger partial charge >= 0.3 is 0 Å². The third kappa shape index (κ3) is 3.34. The summed E-state index contributed by atoms with van der Waals surface area (Å²) in [5.74, 6) is 1.04. The summed E-state index contributed by atoms with van der Waals surface area (Å²) >= 11 is 0. The number of hydrogen-bond acceptors (Lipinski definition) is 6. The molecule has 0 saturated heterocycles. The molecule has 1 aliphatic rings. The van der Waals surface area contributed by atoms with Crippen LogP contribution in [-0.4, -0.2) is 25.8 Å². The molecule has 7 heteroatoms. The van der Waals surface area contributed by atoms with E-state index in [9.17, 15) is 4.79 Å². The van der Waals surface area contributed by atoms with Gasteiger partial charge in [-0.3, -0.25) is 14.8 Å². The molecule has 4 aromatic rings. The summed E-state index contributed by atoms with van der Waals surface area (Å²) in [6.07, 6.45) is 9.56. The Hall–Kier alpha value is -3.87. The largest absolute Gasteiger partial charge is 0.383 e. The van der Waals surface area contributed by atoms with Crippen LogP contribution >= 0.6 is 0 Å². The van der Waals surface area contributed by atoms with E-state index in [2.05, 4.69) is 25.3 Å². The van der Waals surface area contributed by atoms with E-state index in [-0.39, 0.29) is 17.7 Å². The molecule has 1 aliphatic carbocycles. The zero-order valence-electron chi connectivity index (χ0n) is 16.4. The Kier molecular flexibility index (Phi) is 4.35. The van der Waals surface area contributed by atoms with Crippen LogP contribution in [0.4, 0.5) is 11.6 Å². The maximum Gasteiger partial charge on any atom is 0.229 e. The number of anilines is 2. The lowest BCUT2D eigenvalue weighted by Gasteiger charge is -2.10. The number of fused-ring (bicyclic) bond motifs is 1. The molecule has 0 radical (unpaired) electrons. The summed E-state index contributed by atoms with van der Waals surface area (Å²) < 4.78 is 0. The fraction of sp³-hybridized carbons (Fsp3) is 0.174. The molecular formula is C23H20N6O. The fourth-order valence-electron chi connectivity index (χ4n) is 3.78. The maximum atomic E-state index is 12.7. The molecule has 1 fully saturated rings. The van der Waals surface area contributed by atoms with E-state index in [1.165, 1.54) is 0 Å². The monoisotopic (exact) mass is 396 g/mol. The summed E-state index contributed by atoms with van der Waals surface area (Å²) in [7, 11) is 0. The van der Waals surface area contributed by atoms with Gasteiger partial charge in [-0.05, 0) is 60.0 Å². The van der Waals surface area contributed by atoms with Crippen LogP contribution in [0.2, 0.25) is 0 Å². The van der Waals surface area contributed by atoms with Gasteiger partial charge in [0.05, 0.1) is 5.69 Å². The van der Waals surface area contributed by atoms with Gasteiger partial charge in [-0.1, -0.05) is 6.07 Å². The number of nitrogens with two attached hydrogens (primary N) is 1. The van der Waals surface area contributed by atoms with Crippen molar-refractivity contribution < 1.29 is 4.79 Å². The van der Waals surface area contributed by atoms with Crippen molar-refractivity contribution in [1.29, 1.82) is 0 Å². The first-order valence-electron chi connectivity index (χ1n) is 9.78. The first-order valence-corrected chi connectivity index (χ1v) is 9.78. The average Bonchev–Trinajstić information content (AvgIpc) is 3.56. The van der Waals surface area contributed by atoms with Crippen molar-refractivity contribution in [1.82, 2.24) is 19.9 Å². The molecule has 5 rings (SSSR count). The lowest BCUT2D eigenvalue weighted by atomic mass is 10.1. The number of carbonyl (C=O) groups excluding carboxylic acids is 1. The van der Waals surface area contributed by atoms with E-state index in [0.717, 1.165) is 39.6 Å². The van der Waals surface area contributed by atoms with Gasteiger partial charge in [-0.15, -0.1) is 0 Å². The highest BCUT2D eigenvalue weighted by Crippen LogP contribution is 2.47. The smallest absolute Gasteiger partial charge is 0.229 e. The summed E-state index contributed by atoms with van der Waals surface area (Å²) in [6.45, 7) is 2.01. The predicted octanol–water partition coefficient (Wildman–Crippen LogP) is 3.72. The van der Waals surface area contributed by atoms with Gasteiger partial charge in [-0.2, -0.15) is 0 Å². The number of rotatable bonds is 4. The lowest BCUT2D eigenvalue weighted by Crippen LogP contribution is -2.15. The van der Waals surface area contributed by atoms with E-state index in [4.69, 9.17) is 5.73 Å². The summed E-state index contributed by atoms with van der Waals surface area (Å²) in [5, 5.41) is 4.56. The van der Waals surface area contributed by atoms with Gasteiger partial charge in [0.2, 0.25) is 5.91 Å². The Morgan fingerprint density at radius 2 is 2.00 bits per heavy atom. The number of nitrogens with one attached hydrogen (secondary N) is 1. The third-order valence-electron chi connectivity index (χ3n) is 5.55. The molecule has 1 amide bonds. The maximum absolute atomic E-state index is 12.7. The SMILES string of the molecule is Cc1ccncc1-c1cc2cc(NC(=O)[C@H]3C[C@@H]3c3cccnc3)ncc2c(N)n1. The highest BCUT2D eigenvalue weighted by molar-refractivity contribution is 5.98. The van der Waals surface area contributed by atoms with E-state index in [1.807, 2.05) is 43.5 Å². The van der Waals surface area contributed by atoms with Gasteiger partial charge < -0.3 is 11.1 Å². The highest BCUT2D eigenvalue weighted by atomic mass is 16.2. The van der Waals surface area contributed by atoms with Crippen molar-refractivity contribution >= 4 is 28.3 Å². The second-order valence-corrected chi connectivity index (χ2v) is 7.60. The number of nitrogen functional groups attached to an aromatic ring is 1. The van der Waals surface area contributed by atoms with E-state index < -0.39 is 0 Å². The topological polar surface area (TPSA) is 107 Å². The number of hydrogen-bond donors (Lipinski definition) is 2. The van der Waals surface area contributed by atoms with Gasteiger partial charge in [0.1, 0.15) is 11.6 Å². The molecule has 7 nitrogen and oxygen atoms in total. The Bertz CT molecular complexity index is 1260. The van der Waals surface area contributed by atoms with Crippen molar-refractivity contribution in [2.45, 2.75) is 19.3 Å². The van der Waals surface area contributed by atoms with Gasteiger partial charge in [0, 0.05) is 47.9 Å². The number of pyridine rings is 4. The quantitative estimate of drug-likeness (QED) is 0.544. The molecule has 0 bridgehead atoms. The number of carbonyl (C=O) groups is 1. The molecule has 2 atom stereocenters. The first kappa shape index (κ1) is 18.2. The van der Waals surface area contributed by atoms with Crippen LogP contribution in [0.5, 0.6) is 0 Å². The second kappa shape index (κ2) is 7.18. The Labute approximate surface area is 173 Å². The van der Waals surface area contributed by atoms with Crippen LogP contribution in [0.15, 0.2) is 61.3 Å². The van der Waals surface area contributed by atoms with E-state index >= 15 is 0 Å². The zero-order chi connectivity index (χ0) is 20.7. The van der Waals surface area contributed by atoms with Gasteiger partial charge in [0.15, 0.2) is 0 Å². The average molecular weight is 396 g/mol. The number of amides is 1. The van der Waals surface area contributed by atoms with Gasteiger partial charge in [0.25, 0.3) is 0 Å². The summed E-state index contributed by atoms with van der Waals surface area (Å²) in [6, 6.07) is 9.62. The molecule has 0 aliphatic heterocycles. The van der Waals surface area contributed by atoms with Crippen molar-refractivity contribution in [2.24, 2.45) is 5.92 Å². The molecule has 148 valence electrons. The minimum Gasteiger partial charge on any atom is -0.383 e. The number of nitrogens with zero attached hydrogens (tertiary/aromatic N) is 4. The van der Waals surface area contributed by atoms with Crippen LogP contribution in [-0.2, 0) is 4.79 Å². The van der Waals surface area contributed by atoms with Gasteiger partial charge in [-0.25, -0.2) is 9.97 Å². The Morgan fingerprint density at radius 3 is 2.80 bits per heavy atom. The van der Waals surface area contributed by atoms with Crippen LogP contribution < -0.4 is 11.1 Å². The molecule has 30 heavy (non-hydrogen) atoms. The van der Waals surface area contributed by atoms with E-state index in [0.29, 0.717) is 11.6 Å². The first-order chi connectivity index (χ1) is 14.6. The van der Waals surface area contributed by atoms with Crippen LogP contribution in [0.25, 0.3) is 22.0 Å². The highest BCUT2D eigenvalue weighted by Gasteiger charge is 2.44. The predicted molar refractivity (Wildman–Crippen MR) is 116 cm³/mol. The molecule has 4 heterocycles. The minimum atomic E-state index is -0.0530. The Balaban J connectivity index is 1.41. The molecular weight excluding hydrogens is 376 g/mol. The van der Waals surface area contributed by atoms with Crippen LogP contribution in [0, 0.1) is 12.8 Å². The molecule has 3 N–H and O–H groups in total. The number of aromatic nitrogens is 4. The summed E-state index contributed by atoms with van der Waals surface area (Å²) in [5.41, 5.74) is 10.00.